The molecule has 1 aliphatic carbocycles. The molecule has 2 fully saturated rings. The van der Waals surface area contributed by atoms with Crippen LogP contribution < -0.4 is 5.32 Å². The van der Waals surface area contributed by atoms with Crippen molar-refractivity contribution in [2.75, 3.05) is 0 Å². The highest BCUT2D eigenvalue weighted by atomic mass is 19.4. The minimum absolute atomic E-state index is 0.0274. The molecule has 1 heterocycles. The van der Waals surface area contributed by atoms with Crippen LogP contribution in [-0.2, 0) is 4.79 Å². The summed E-state index contributed by atoms with van der Waals surface area (Å²) >= 11 is 0. The Morgan fingerprint density at radius 3 is 2.12 bits per heavy atom. The lowest BCUT2D eigenvalue weighted by atomic mass is 9.61. The van der Waals surface area contributed by atoms with Gasteiger partial charge in [-0.25, -0.2) is 0 Å². The van der Waals surface area contributed by atoms with Crippen molar-refractivity contribution < 1.29 is 18.0 Å². The zero-order valence-corrected chi connectivity index (χ0v) is 10.2. The topological polar surface area (TPSA) is 29.1 Å². The van der Waals surface area contributed by atoms with Crippen molar-refractivity contribution in [2.45, 2.75) is 57.7 Å². The van der Waals surface area contributed by atoms with Crippen LogP contribution in [0.5, 0.6) is 0 Å². The summed E-state index contributed by atoms with van der Waals surface area (Å²) in [6, 6.07) is 0. The van der Waals surface area contributed by atoms with Gasteiger partial charge in [-0.05, 0) is 39.5 Å². The first-order chi connectivity index (χ1) is 7.66. The van der Waals surface area contributed by atoms with Gasteiger partial charge in [0.1, 0.15) is 0 Å². The quantitative estimate of drug-likeness (QED) is 0.702. The van der Waals surface area contributed by atoms with Crippen LogP contribution in [0.2, 0.25) is 0 Å². The SMILES string of the molecule is CC1(C)NC(=O)CC12CCC(C(F)(F)F)CC2. The van der Waals surface area contributed by atoms with Gasteiger partial charge in [0.05, 0.1) is 5.92 Å². The highest BCUT2D eigenvalue weighted by Gasteiger charge is 2.56. The lowest BCUT2D eigenvalue weighted by Gasteiger charge is -2.45. The summed E-state index contributed by atoms with van der Waals surface area (Å²) in [5.41, 5.74) is -0.646. The lowest BCUT2D eigenvalue weighted by Crippen LogP contribution is -2.49. The minimum Gasteiger partial charge on any atom is -0.351 e. The number of alkyl halides is 3. The van der Waals surface area contributed by atoms with E-state index < -0.39 is 12.1 Å². The van der Waals surface area contributed by atoms with Gasteiger partial charge in [0, 0.05) is 17.4 Å². The molecule has 0 aromatic carbocycles. The molecule has 5 heteroatoms. The normalized spacial score (nSPS) is 37.2. The molecule has 0 unspecified atom stereocenters. The maximum absolute atomic E-state index is 12.6. The number of hydrogen-bond acceptors (Lipinski definition) is 1. The number of halogens is 3. The van der Waals surface area contributed by atoms with E-state index in [-0.39, 0.29) is 29.7 Å². The van der Waals surface area contributed by atoms with Gasteiger partial charge in [-0.2, -0.15) is 13.2 Å². The first-order valence-corrected chi connectivity index (χ1v) is 6.04. The van der Waals surface area contributed by atoms with E-state index in [0.29, 0.717) is 19.3 Å². The number of carbonyl (C=O) groups excluding carboxylic acids is 1. The summed E-state index contributed by atoms with van der Waals surface area (Å²) in [7, 11) is 0. The number of carbonyl (C=O) groups is 1. The van der Waals surface area contributed by atoms with E-state index in [4.69, 9.17) is 0 Å². The Labute approximate surface area is 98.9 Å². The van der Waals surface area contributed by atoms with E-state index >= 15 is 0 Å². The summed E-state index contributed by atoms with van der Waals surface area (Å²) in [6.07, 6.45) is -2.41. The molecule has 2 aliphatic rings. The van der Waals surface area contributed by atoms with Crippen LogP contribution in [0.4, 0.5) is 13.2 Å². The molecule has 1 spiro atoms. The zero-order chi connectivity index (χ0) is 12.9. The van der Waals surface area contributed by atoms with Crippen molar-refractivity contribution in [1.29, 1.82) is 0 Å². The smallest absolute Gasteiger partial charge is 0.351 e. The summed E-state index contributed by atoms with van der Waals surface area (Å²) in [4.78, 5) is 11.5. The second-order valence-corrected chi connectivity index (χ2v) is 5.95. The molecule has 17 heavy (non-hydrogen) atoms. The van der Waals surface area contributed by atoms with Gasteiger partial charge in [0.2, 0.25) is 5.91 Å². The lowest BCUT2D eigenvalue weighted by molar-refractivity contribution is -0.189. The van der Waals surface area contributed by atoms with Crippen molar-refractivity contribution >= 4 is 5.91 Å². The van der Waals surface area contributed by atoms with Crippen LogP contribution in [0.15, 0.2) is 0 Å². The molecule has 1 N–H and O–H groups in total. The summed E-state index contributed by atoms with van der Waals surface area (Å²) in [6.45, 7) is 3.84. The van der Waals surface area contributed by atoms with Crippen LogP contribution >= 0.6 is 0 Å². The summed E-state index contributed by atoms with van der Waals surface area (Å²) in [5.74, 6) is -1.21. The molecule has 2 nitrogen and oxygen atoms in total. The van der Waals surface area contributed by atoms with E-state index in [0.717, 1.165) is 0 Å². The predicted molar refractivity (Wildman–Crippen MR) is 57.3 cm³/mol. The van der Waals surface area contributed by atoms with E-state index in [9.17, 15) is 18.0 Å². The van der Waals surface area contributed by atoms with Crippen LogP contribution in [0.3, 0.4) is 0 Å². The third kappa shape index (κ3) is 2.04. The Hall–Kier alpha value is -0.740. The number of hydrogen-bond donors (Lipinski definition) is 1. The largest absolute Gasteiger partial charge is 0.391 e. The van der Waals surface area contributed by atoms with Crippen LogP contribution in [0.25, 0.3) is 0 Å². The van der Waals surface area contributed by atoms with Gasteiger partial charge in [-0.15, -0.1) is 0 Å². The molecule has 0 atom stereocenters. The fraction of sp³-hybridized carbons (Fsp3) is 0.917. The Balaban J connectivity index is 2.10. The van der Waals surface area contributed by atoms with Gasteiger partial charge in [-0.3, -0.25) is 4.79 Å². The second-order valence-electron chi connectivity index (χ2n) is 5.95. The fourth-order valence-electron chi connectivity index (χ4n) is 3.35. The standard InChI is InChI=1S/C12H18F3NO/c1-10(2)11(7-9(17)16-10)5-3-8(4-6-11)12(13,14)15/h8H,3-7H2,1-2H3,(H,16,17). The van der Waals surface area contributed by atoms with E-state index in [2.05, 4.69) is 5.32 Å². The van der Waals surface area contributed by atoms with Gasteiger partial charge in [-0.1, -0.05) is 0 Å². The Bertz CT molecular complexity index is 327. The minimum atomic E-state index is -4.08. The van der Waals surface area contributed by atoms with Gasteiger partial charge < -0.3 is 5.32 Å². The summed E-state index contributed by atoms with van der Waals surface area (Å²) < 4.78 is 37.8. The predicted octanol–water partition coefficient (Wildman–Crippen LogP) is 3.02. The molecule has 0 radical (unpaired) electrons. The Morgan fingerprint density at radius 1 is 1.24 bits per heavy atom. The molecule has 0 aromatic heterocycles. The van der Waals surface area contributed by atoms with Crippen molar-refractivity contribution in [2.24, 2.45) is 11.3 Å². The Morgan fingerprint density at radius 2 is 1.76 bits per heavy atom. The highest BCUT2D eigenvalue weighted by molar-refractivity contribution is 5.80. The monoisotopic (exact) mass is 249 g/mol. The molecule has 0 aromatic rings. The van der Waals surface area contributed by atoms with E-state index in [1.165, 1.54) is 0 Å². The Kier molecular flexibility index (Phi) is 2.71. The van der Waals surface area contributed by atoms with Gasteiger partial charge in [0.15, 0.2) is 0 Å². The molecule has 1 aliphatic heterocycles. The number of nitrogens with one attached hydrogen (secondary N) is 1. The molecule has 0 bridgehead atoms. The molecular formula is C12H18F3NO. The van der Waals surface area contributed by atoms with Crippen molar-refractivity contribution in [3.8, 4) is 0 Å². The first kappa shape index (κ1) is 12.7. The third-order valence-corrected chi connectivity index (χ3v) is 4.68. The maximum Gasteiger partial charge on any atom is 0.391 e. The number of rotatable bonds is 0. The summed E-state index contributed by atoms with van der Waals surface area (Å²) in [5, 5.41) is 2.89. The van der Waals surface area contributed by atoms with E-state index in [1.807, 2.05) is 13.8 Å². The molecular weight excluding hydrogens is 231 g/mol. The molecule has 1 saturated carbocycles. The van der Waals surface area contributed by atoms with Crippen LogP contribution in [0, 0.1) is 11.3 Å². The zero-order valence-electron chi connectivity index (χ0n) is 10.2. The average molecular weight is 249 g/mol. The van der Waals surface area contributed by atoms with Crippen LogP contribution in [-0.4, -0.2) is 17.6 Å². The third-order valence-electron chi connectivity index (χ3n) is 4.68. The maximum atomic E-state index is 12.6. The number of amides is 1. The first-order valence-electron chi connectivity index (χ1n) is 6.04. The van der Waals surface area contributed by atoms with Crippen molar-refractivity contribution in [3.05, 3.63) is 0 Å². The molecule has 98 valence electrons. The molecule has 1 amide bonds. The average Bonchev–Trinajstić information content (AvgIpc) is 2.35. The van der Waals surface area contributed by atoms with Gasteiger partial charge in [0.25, 0.3) is 0 Å². The fourth-order valence-corrected chi connectivity index (χ4v) is 3.35. The van der Waals surface area contributed by atoms with E-state index in [1.54, 1.807) is 0 Å². The van der Waals surface area contributed by atoms with Gasteiger partial charge >= 0.3 is 6.18 Å². The van der Waals surface area contributed by atoms with Crippen LogP contribution in [0.1, 0.15) is 46.0 Å². The highest BCUT2D eigenvalue weighted by Crippen LogP contribution is 2.54. The molecule has 2 rings (SSSR count). The van der Waals surface area contributed by atoms with Crippen molar-refractivity contribution in [1.82, 2.24) is 5.32 Å². The van der Waals surface area contributed by atoms with Crippen molar-refractivity contribution in [3.63, 3.8) is 0 Å². The second kappa shape index (κ2) is 3.62. The molecule has 1 saturated heterocycles.